The van der Waals surface area contributed by atoms with Crippen LogP contribution in [0.1, 0.15) is 31.6 Å². The maximum Gasteiger partial charge on any atom is 0.573 e. The molecule has 43 heavy (non-hydrogen) atoms. The summed E-state index contributed by atoms with van der Waals surface area (Å²) in [5.74, 6) is -2.81. The van der Waals surface area contributed by atoms with Gasteiger partial charge in [0.1, 0.15) is 6.54 Å². The number of hydrogen-bond acceptors (Lipinski definition) is 9. The summed E-state index contributed by atoms with van der Waals surface area (Å²) in [6, 6.07) is 7.71. The zero-order valence-corrected chi connectivity index (χ0v) is 22.7. The fourth-order valence-electron chi connectivity index (χ4n) is 3.83. The van der Waals surface area contributed by atoms with Crippen molar-refractivity contribution in [1.82, 2.24) is 34.1 Å². The van der Waals surface area contributed by atoms with Crippen LogP contribution < -0.4 is 10.4 Å². The normalized spacial score (nSPS) is 13.5. The molecule has 0 aliphatic heterocycles. The van der Waals surface area contributed by atoms with E-state index in [1.807, 2.05) is 0 Å². The molecule has 0 radical (unpaired) electrons. The van der Waals surface area contributed by atoms with Crippen molar-refractivity contribution < 1.29 is 45.7 Å². The second kappa shape index (κ2) is 12.0. The highest BCUT2D eigenvalue weighted by molar-refractivity contribution is 6.30. The Morgan fingerprint density at radius 3 is 2.37 bits per heavy atom. The zero-order valence-electron chi connectivity index (χ0n) is 22.0. The van der Waals surface area contributed by atoms with Crippen LogP contribution in [0, 0.1) is 0 Å². The Balaban J connectivity index is 1.82. The van der Waals surface area contributed by atoms with Gasteiger partial charge in [-0.05, 0) is 43.3 Å². The van der Waals surface area contributed by atoms with Crippen molar-refractivity contribution in [2.45, 2.75) is 51.7 Å². The number of benzene rings is 1. The molecule has 12 nitrogen and oxygen atoms in total. The summed E-state index contributed by atoms with van der Waals surface area (Å²) in [6.45, 7) is 0.612. The molecule has 0 saturated carbocycles. The highest BCUT2D eigenvalue weighted by Crippen LogP contribution is 2.30. The Morgan fingerprint density at radius 1 is 1.09 bits per heavy atom. The van der Waals surface area contributed by atoms with Crippen molar-refractivity contribution in [2.75, 3.05) is 0 Å². The Hall–Kier alpha value is -4.45. The van der Waals surface area contributed by atoms with Crippen LogP contribution in [0.5, 0.6) is 5.75 Å². The number of nitrogens with zero attached hydrogens (tertiary/aromatic N) is 7. The van der Waals surface area contributed by atoms with Gasteiger partial charge in [-0.15, -0.1) is 23.4 Å². The predicted molar refractivity (Wildman–Crippen MR) is 134 cm³/mol. The molecule has 1 N–H and O–H groups in total. The van der Waals surface area contributed by atoms with Crippen LogP contribution in [0.4, 0.5) is 26.3 Å². The van der Waals surface area contributed by atoms with E-state index in [2.05, 4.69) is 24.9 Å². The monoisotopic (exact) mass is 635 g/mol. The Morgan fingerprint density at radius 2 is 1.77 bits per heavy atom. The highest BCUT2D eigenvalue weighted by atomic mass is 35.5. The van der Waals surface area contributed by atoms with Gasteiger partial charge in [0.2, 0.25) is 0 Å². The van der Waals surface area contributed by atoms with Gasteiger partial charge in [0, 0.05) is 23.7 Å². The molecule has 19 heteroatoms. The average Bonchev–Trinajstić information content (AvgIpc) is 3.45. The van der Waals surface area contributed by atoms with Crippen LogP contribution in [0.2, 0.25) is 5.02 Å². The lowest BCUT2D eigenvalue weighted by molar-refractivity contribution is -0.274. The van der Waals surface area contributed by atoms with Gasteiger partial charge in [0.15, 0.2) is 41.2 Å². The number of halogens is 7. The molecular formula is C24H20ClF6N7O5. The topological polar surface area (TPSA) is 139 Å². The van der Waals surface area contributed by atoms with Gasteiger partial charge in [-0.25, -0.2) is 19.4 Å². The Labute approximate surface area is 242 Å². The molecule has 0 aliphatic rings. The molecule has 0 bridgehead atoms. The van der Waals surface area contributed by atoms with Gasteiger partial charge in [-0.2, -0.15) is 17.9 Å². The summed E-state index contributed by atoms with van der Waals surface area (Å²) in [6.07, 6.45) is -13.1. The molecule has 1 aromatic carbocycles. The predicted octanol–water partition coefficient (Wildman–Crippen LogP) is 3.84. The molecule has 3 heterocycles. The van der Waals surface area contributed by atoms with Crippen LogP contribution in [0.25, 0.3) is 17.2 Å². The number of hydrogen-bond donors (Lipinski definition) is 1. The quantitative estimate of drug-likeness (QED) is 0.215. The zero-order chi connectivity index (χ0) is 31.7. The van der Waals surface area contributed by atoms with E-state index in [0.29, 0.717) is 14.3 Å². The first-order valence-corrected chi connectivity index (χ1v) is 12.4. The van der Waals surface area contributed by atoms with E-state index in [-0.39, 0.29) is 23.0 Å². The summed E-state index contributed by atoms with van der Waals surface area (Å²) in [5, 5.41) is 18.2. The van der Waals surface area contributed by atoms with Crippen molar-refractivity contribution in [3.63, 3.8) is 0 Å². The lowest BCUT2D eigenvalue weighted by Crippen LogP contribution is -2.37. The number of ether oxygens (including phenoxy) is 2. The highest BCUT2D eigenvalue weighted by Gasteiger charge is 2.39. The number of rotatable bonds is 9. The van der Waals surface area contributed by atoms with E-state index in [9.17, 15) is 41.0 Å². The van der Waals surface area contributed by atoms with Crippen molar-refractivity contribution in [1.29, 1.82) is 0 Å². The van der Waals surface area contributed by atoms with Gasteiger partial charge in [0.25, 0.3) is 0 Å². The Kier molecular flexibility index (Phi) is 8.82. The molecule has 0 fully saturated rings. The molecule has 2 unspecified atom stereocenters. The minimum atomic E-state index is -5.11. The first kappa shape index (κ1) is 31.5. The van der Waals surface area contributed by atoms with E-state index in [1.165, 1.54) is 31.2 Å². The standard InChI is InChI=1S/C24H20ClF6N7O5/c1-12(42-13(2)39)19-33-18(34-38(19)21-16(4-3-9-32-21)43-24(29,30)31)11-37-22(41)36(10-17(40)23(26,27)28)20(35-37)14-5-7-15(25)8-6-14/h3-9,12,17,40H,10-11H2,1-2H3. The summed E-state index contributed by atoms with van der Waals surface area (Å²) in [4.78, 5) is 32.9. The maximum atomic E-state index is 13.2. The van der Waals surface area contributed by atoms with Gasteiger partial charge < -0.3 is 14.6 Å². The number of alkyl halides is 6. The number of aromatic nitrogens is 7. The molecule has 0 amide bonds. The second-order valence-electron chi connectivity index (χ2n) is 8.86. The van der Waals surface area contributed by atoms with Crippen molar-refractivity contribution in [3.8, 4) is 23.0 Å². The van der Waals surface area contributed by atoms with Crippen LogP contribution in [0.15, 0.2) is 47.4 Å². The summed E-state index contributed by atoms with van der Waals surface area (Å²) in [7, 11) is 0. The summed E-state index contributed by atoms with van der Waals surface area (Å²) < 4.78 is 89.9. The largest absolute Gasteiger partial charge is 0.573 e. The summed E-state index contributed by atoms with van der Waals surface area (Å²) in [5.41, 5.74) is -0.919. The third-order valence-corrected chi connectivity index (χ3v) is 5.86. The van der Waals surface area contributed by atoms with E-state index in [4.69, 9.17) is 16.3 Å². The first-order chi connectivity index (χ1) is 20.0. The fraction of sp³-hybridized carbons (Fsp3) is 0.333. The van der Waals surface area contributed by atoms with Crippen LogP contribution >= 0.6 is 11.6 Å². The molecule has 3 aromatic heterocycles. The van der Waals surface area contributed by atoms with Crippen LogP contribution in [-0.2, 0) is 22.6 Å². The Bertz CT molecular complexity index is 1670. The minimum absolute atomic E-state index is 0.180. The van der Waals surface area contributed by atoms with Gasteiger partial charge in [0.05, 0.1) is 6.54 Å². The minimum Gasteiger partial charge on any atom is -0.455 e. The number of pyridine rings is 1. The molecule has 4 aromatic rings. The molecule has 2 atom stereocenters. The van der Waals surface area contributed by atoms with Crippen LogP contribution in [-0.4, -0.2) is 63.8 Å². The molecule has 0 saturated heterocycles. The lowest BCUT2D eigenvalue weighted by atomic mass is 10.2. The van der Waals surface area contributed by atoms with E-state index >= 15 is 0 Å². The number of carbonyl (C=O) groups excluding carboxylic acids is 1. The molecule has 0 spiro atoms. The lowest BCUT2D eigenvalue weighted by Gasteiger charge is -2.15. The first-order valence-electron chi connectivity index (χ1n) is 12.1. The molecular weight excluding hydrogens is 616 g/mol. The third kappa shape index (κ3) is 7.50. The molecule has 0 aliphatic carbocycles. The second-order valence-corrected chi connectivity index (χ2v) is 9.30. The number of aliphatic hydroxyl groups is 1. The smallest absolute Gasteiger partial charge is 0.455 e. The average molecular weight is 636 g/mol. The maximum absolute atomic E-state index is 13.2. The number of esters is 1. The molecule has 4 rings (SSSR count). The summed E-state index contributed by atoms with van der Waals surface area (Å²) >= 11 is 5.89. The fourth-order valence-corrected chi connectivity index (χ4v) is 3.96. The van der Waals surface area contributed by atoms with Gasteiger partial charge in [-0.3, -0.25) is 9.36 Å². The van der Waals surface area contributed by atoms with Gasteiger partial charge >= 0.3 is 24.2 Å². The van der Waals surface area contributed by atoms with Crippen molar-refractivity contribution >= 4 is 17.6 Å². The van der Waals surface area contributed by atoms with Crippen molar-refractivity contribution in [3.05, 3.63) is 69.8 Å². The SMILES string of the molecule is CC(=O)OC(C)c1nc(Cn2nc(-c3ccc(Cl)cc3)n(CC(O)C(F)(F)F)c2=O)nn1-c1ncccc1OC(F)(F)F. The number of aliphatic hydroxyl groups excluding tert-OH is 1. The van der Waals surface area contributed by atoms with Gasteiger partial charge in [-0.1, -0.05) is 11.6 Å². The van der Waals surface area contributed by atoms with E-state index in [0.717, 1.165) is 29.9 Å². The third-order valence-electron chi connectivity index (χ3n) is 5.61. The molecule has 230 valence electrons. The van der Waals surface area contributed by atoms with Crippen molar-refractivity contribution in [2.24, 2.45) is 0 Å². The number of carbonyl (C=O) groups is 1. The van der Waals surface area contributed by atoms with Crippen LogP contribution in [0.3, 0.4) is 0 Å². The van der Waals surface area contributed by atoms with E-state index in [1.54, 1.807) is 0 Å². The van der Waals surface area contributed by atoms with E-state index < -0.39 is 61.1 Å².